The number of aromatic nitrogens is 2. The zero-order valence-electron chi connectivity index (χ0n) is 14.7. The van der Waals surface area contributed by atoms with E-state index in [4.69, 9.17) is 11.6 Å². The van der Waals surface area contributed by atoms with Gasteiger partial charge in [-0.2, -0.15) is 4.31 Å². The molecule has 27 heavy (non-hydrogen) atoms. The van der Waals surface area contributed by atoms with Crippen LogP contribution in [0, 0.1) is 6.92 Å². The highest BCUT2D eigenvalue weighted by Crippen LogP contribution is 2.30. The van der Waals surface area contributed by atoms with Crippen molar-refractivity contribution < 1.29 is 8.42 Å². The first-order valence-corrected chi connectivity index (χ1v) is 11.3. The molecule has 142 valence electrons. The quantitative estimate of drug-likeness (QED) is 0.645. The van der Waals surface area contributed by atoms with E-state index >= 15 is 0 Å². The summed E-state index contributed by atoms with van der Waals surface area (Å²) >= 11 is 7.29. The Kier molecular flexibility index (Phi) is 4.84. The molecule has 1 aliphatic rings. The topological polar surface area (TPSA) is 72.3 Å². The number of rotatable bonds is 3. The van der Waals surface area contributed by atoms with Gasteiger partial charge in [0.05, 0.1) is 16.1 Å². The molecule has 1 saturated heterocycles. The van der Waals surface area contributed by atoms with Crippen LogP contribution in [0.3, 0.4) is 0 Å². The van der Waals surface area contributed by atoms with Crippen molar-refractivity contribution in [1.82, 2.24) is 13.9 Å². The second-order valence-electron chi connectivity index (χ2n) is 6.50. The highest BCUT2D eigenvalue weighted by molar-refractivity contribution is 7.91. The Balaban J connectivity index is 1.88. The molecule has 0 unspecified atom stereocenters. The predicted molar refractivity (Wildman–Crippen MR) is 108 cm³/mol. The minimum Gasteiger partial charge on any atom is -0.268 e. The van der Waals surface area contributed by atoms with Crippen molar-refractivity contribution in [3.05, 3.63) is 51.5 Å². The monoisotopic (exact) mass is 423 g/mol. The van der Waals surface area contributed by atoms with Gasteiger partial charge in [0.15, 0.2) is 0 Å². The summed E-state index contributed by atoms with van der Waals surface area (Å²) in [7, 11) is -3.60. The van der Waals surface area contributed by atoms with Gasteiger partial charge in [0.2, 0.25) is 0 Å². The lowest BCUT2D eigenvalue weighted by molar-refractivity contribution is 0.347. The summed E-state index contributed by atoms with van der Waals surface area (Å²) < 4.78 is 29.0. The van der Waals surface area contributed by atoms with E-state index in [0.717, 1.165) is 30.6 Å². The Hall–Kier alpha value is -1.74. The second-order valence-corrected chi connectivity index (χ2v) is 10.1. The highest BCUT2D eigenvalue weighted by Gasteiger charge is 2.29. The van der Waals surface area contributed by atoms with E-state index in [-0.39, 0.29) is 9.77 Å². The molecule has 0 amide bonds. The van der Waals surface area contributed by atoms with E-state index in [0.29, 0.717) is 39.8 Å². The summed E-state index contributed by atoms with van der Waals surface area (Å²) in [5.41, 5.74) is 0.213. The van der Waals surface area contributed by atoms with Crippen LogP contribution in [0.2, 0.25) is 5.02 Å². The van der Waals surface area contributed by atoms with Crippen LogP contribution in [-0.2, 0) is 10.0 Å². The molecule has 0 N–H and O–H groups in total. The third-order valence-corrected chi connectivity index (χ3v) is 8.41. The summed E-state index contributed by atoms with van der Waals surface area (Å²) in [6.07, 6.45) is 2.77. The second kappa shape index (κ2) is 7.01. The fraction of sp³-hybridized carbons (Fsp3) is 0.333. The molecule has 1 fully saturated rings. The number of nitrogens with zero attached hydrogens (tertiary/aromatic N) is 3. The lowest BCUT2D eigenvalue weighted by Gasteiger charge is -2.24. The fourth-order valence-corrected chi connectivity index (χ4v) is 6.59. The van der Waals surface area contributed by atoms with Crippen LogP contribution in [0.15, 0.2) is 39.3 Å². The van der Waals surface area contributed by atoms with E-state index in [1.165, 1.54) is 14.9 Å². The summed E-state index contributed by atoms with van der Waals surface area (Å²) in [6.45, 7) is 2.75. The van der Waals surface area contributed by atoms with Gasteiger partial charge < -0.3 is 0 Å². The molecular weight excluding hydrogens is 406 g/mol. The fourth-order valence-electron chi connectivity index (χ4n) is 3.34. The summed E-state index contributed by atoms with van der Waals surface area (Å²) in [4.78, 5) is 18.0. The van der Waals surface area contributed by atoms with Gasteiger partial charge in [0.1, 0.15) is 14.9 Å². The van der Waals surface area contributed by atoms with Gasteiger partial charge in [0.25, 0.3) is 15.6 Å². The SMILES string of the molecule is Cc1nc2sc(S(=O)(=O)N3CCCCC3)cc2c(=O)n1-c1ccccc1Cl. The maximum atomic E-state index is 13.1. The molecule has 0 spiro atoms. The largest absolute Gasteiger partial charge is 0.268 e. The van der Waals surface area contributed by atoms with E-state index in [9.17, 15) is 13.2 Å². The third-order valence-electron chi connectivity index (χ3n) is 4.71. The lowest BCUT2D eigenvalue weighted by atomic mass is 10.2. The van der Waals surface area contributed by atoms with Gasteiger partial charge >= 0.3 is 0 Å². The number of para-hydroxylation sites is 1. The molecule has 4 rings (SSSR count). The molecular formula is C18H18ClN3O3S2. The Morgan fingerprint density at radius 2 is 1.85 bits per heavy atom. The lowest BCUT2D eigenvalue weighted by Crippen LogP contribution is -2.35. The van der Waals surface area contributed by atoms with Gasteiger partial charge in [-0.1, -0.05) is 30.2 Å². The number of hydrogen-bond acceptors (Lipinski definition) is 5. The Bertz CT molecular complexity index is 1180. The number of fused-ring (bicyclic) bond motifs is 1. The first-order valence-electron chi connectivity index (χ1n) is 8.68. The van der Waals surface area contributed by atoms with Crippen LogP contribution < -0.4 is 5.56 Å². The van der Waals surface area contributed by atoms with Gasteiger partial charge in [-0.15, -0.1) is 11.3 Å². The third kappa shape index (κ3) is 3.20. The molecule has 9 heteroatoms. The van der Waals surface area contributed by atoms with Crippen LogP contribution in [0.25, 0.3) is 15.9 Å². The van der Waals surface area contributed by atoms with E-state index in [2.05, 4.69) is 4.98 Å². The van der Waals surface area contributed by atoms with Gasteiger partial charge in [0, 0.05) is 13.1 Å². The van der Waals surface area contributed by atoms with Gasteiger partial charge in [-0.05, 0) is 38.0 Å². The number of piperidine rings is 1. The average Bonchev–Trinajstić information content (AvgIpc) is 3.09. The average molecular weight is 424 g/mol. The van der Waals surface area contributed by atoms with E-state index < -0.39 is 10.0 Å². The summed E-state index contributed by atoms with van der Waals surface area (Å²) in [6, 6.07) is 8.46. The molecule has 3 aromatic rings. The van der Waals surface area contributed by atoms with Crippen molar-refractivity contribution in [2.24, 2.45) is 0 Å². The smallest absolute Gasteiger partial charge is 0.266 e. The van der Waals surface area contributed by atoms with Gasteiger partial charge in [-0.25, -0.2) is 13.4 Å². The normalized spacial score (nSPS) is 16.1. The number of thiophene rings is 1. The standard InChI is InChI=1S/C18H18ClN3O3S2/c1-12-20-17-13(18(23)22(12)15-8-4-3-7-14(15)19)11-16(26-17)27(24,25)21-9-5-2-6-10-21/h3-4,7-8,11H,2,5-6,9-10H2,1H3. The highest BCUT2D eigenvalue weighted by atomic mass is 35.5. The zero-order valence-corrected chi connectivity index (χ0v) is 17.1. The number of aryl methyl sites for hydroxylation is 1. The molecule has 6 nitrogen and oxygen atoms in total. The minimum absolute atomic E-state index is 0.167. The Morgan fingerprint density at radius 1 is 1.15 bits per heavy atom. The number of halogens is 1. The van der Waals surface area contributed by atoms with Crippen LogP contribution in [0.1, 0.15) is 25.1 Å². The summed E-state index contributed by atoms with van der Waals surface area (Å²) in [5, 5.41) is 0.723. The van der Waals surface area contributed by atoms with Crippen molar-refractivity contribution in [3.63, 3.8) is 0 Å². The first kappa shape index (κ1) is 18.6. The molecule has 0 radical (unpaired) electrons. The Labute approximate surface area is 166 Å². The van der Waals surface area contributed by atoms with E-state index in [1.54, 1.807) is 31.2 Å². The van der Waals surface area contributed by atoms with Crippen LogP contribution in [0.5, 0.6) is 0 Å². The van der Waals surface area contributed by atoms with Crippen molar-refractivity contribution >= 4 is 43.2 Å². The van der Waals surface area contributed by atoms with Crippen molar-refractivity contribution in [1.29, 1.82) is 0 Å². The Morgan fingerprint density at radius 3 is 2.56 bits per heavy atom. The molecule has 0 aliphatic carbocycles. The molecule has 2 aromatic heterocycles. The summed E-state index contributed by atoms with van der Waals surface area (Å²) in [5.74, 6) is 0.462. The molecule has 0 saturated carbocycles. The van der Waals surface area contributed by atoms with Crippen LogP contribution >= 0.6 is 22.9 Å². The molecule has 0 atom stereocenters. The maximum Gasteiger partial charge on any atom is 0.266 e. The van der Waals surface area contributed by atoms with Crippen molar-refractivity contribution in [2.75, 3.05) is 13.1 Å². The minimum atomic E-state index is -3.60. The predicted octanol–water partition coefficient (Wildman–Crippen LogP) is 3.58. The molecule has 1 aliphatic heterocycles. The molecule has 3 heterocycles. The number of hydrogen-bond donors (Lipinski definition) is 0. The molecule has 1 aromatic carbocycles. The van der Waals surface area contributed by atoms with Gasteiger partial charge in [-0.3, -0.25) is 9.36 Å². The van der Waals surface area contributed by atoms with Crippen LogP contribution in [-0.4, -0.2) is 35.4 Å². The number of sulfonamides is 1. The first-order chi connectivity index (χ1) is 12.9. The number of benzene rings is 1. The maximum absolute atomic E-state index is 13.1. The zero-order chi connectivity index (χ0) is 19.2. The van der Waals surface area contributed by atoms with E-state index in [1.807, 2.05) is 0 Å². The van der Waals surface area contributed by atoms with Crippen molar-refractivity contribution in [3.8, 4) is 5.69 Å². The molecule has 0 bridgehead atoms. The van der Waals surface area contributed by atoms with Crippen molar-refractivity contribution in [2.45, 2.75) is 30.4 Å². The van der Waals surface area contributed by atoms with Crippen LogP contribution in [0.4, 0.5) is 0 Å².